The average molecular weight is 282 g/mol. The molecular weight excluding hydrogens is 256 g/mol. The number of anilines is 2. The van der Waals surface area contributed by atoms with Crippen LogP contribution in [0.4, 0.5) is 11.4 Å². The summed E-state index contributed by atoms with van der Waals surface area (Å²) in [6.07, 6.45) is 2.18. The highest BCUT2D eigenvalue weighted by Crippen LogP contribution is 2.17. The standard InChI is InChI=1S/C19H26N2/c1-15(2)14-17-6-10-19(11-7-17)21(3)13-12-16-4-8-18(20)9-5-16/h4-11,15H,12-14,20H2,1-3H3. The van der Waals surface area contributed by atoms with Crippen molar-refractivity contribution >= 4 is 11.4 Å². The van der Waals surface area contributed by atoms with E-state index in [4.69, 9.17) is 5.73 Å². The van der Waals surface area contributed by atoms with Gasteiger partial charge in [0.1, 0.15) is 0 Å². The Hall–Kier alpha value is -1.96. The van der Waals surface area contributed by atoms with Crippen molar-refractivity contribution < 1.29 is 0 Å². The van der Waals surface area contributed by atoms with Crippen LogP contribution in [0, 0.1) is 5.92 Å². The number of rotatable bonds is 6. The van der Waals surface area contributed by atoms with Gasteiger partial charge in [-0.05, 0) is 54.2 Å². The van der Waals surface area contributed by atoms with Crippen molar-refractivity contribution in [1.82, 2.24) is 0 Å². The monoisotopic (exact) mass is 282 g/mol. The number of hydrogen-bond acceptors (Lipinski definition) is 2. The number of nitrogens with two attached hydrogens (primary N) is 1. The summed E-state index contributed by atoms with van der Waals surface area (Å²) in [6, 6.07) is 17.1. The van der Waals surface area contributed by atoms with E-state index in [1.807, 2.05) is 12.1 Å². The van der Waals surface area contributed by atoms with E-state index in [0.29, 0.717) is 5.92 Å². The van der Waals surface area contributed by atoms with Crippen LogP contribution in [-0.2, 0) is 12.8 Å². The maximum atomic E-state index is 5.71. The molecule has 2 heteroatoms. The largest absolute Gasteiger partial charge is 0.399 e. The van der Waals surface area contributed by atoms with Gasteiger partial charge in [0.05, 0.1) is 0 Å². The van der Waals surface area contributed by atoms with Gasteiger partial charge in [-0.2, -0.15) is 0 Å². The predicted molar refractivity (Wildman–Crippen MR) is 92.8 cm³/mol. The van der Waals surface area contributed by atoms with Gasteiger partial charge in [-0.1, -0.05) is 38.1 Å². The van der Waals surface area contributed by atoms with Crippen molar-refractivity contribution in [3.8, 4) is 0 Å². The molecule has 2 aromatic carbocycles. The van der Waals surface area contributed by atoms with Gasteiger partial charge in [0.25, 0.3) is 0 Å². The molecule has 0 bridgehead atoms. The molecule has 0 atom stereocenters. The van der Waals surface area contributed by atoms with E-state index in [2.05, 4.69) is 62.2 Å². The van der Waals surface area contributed by atoms with Crippen LogP contribution in [-0.4, -0.2) is 13.6 Å². The molecule has 0 amide bonds. The topological polar surface area (TPSA) is 29.3 Å². The highest BCUT2D eigenvalue weighted by molar-refractivity contribution is 5.47. The van der Waals surface area contributed by atoms with Crippen LogP contribution in [0.15, 0.2) is 48.5 Å². The van der Waals surface area contributed by atoms with Gasteiger partial charge in [0.15, 0.2) is 0 Å². The average Bonchev–Trinajstić information content (AvgIpc) is 2.46. The van der Waals surface area contributed by atoms with E-state index in [9.17, 15) is 0 Å². The molecule has 0 aliphatic carbocycles. The van der Waals surface area contributed by atoms with Gasteiger partial charge >= 0.3 is 0 Å². The van der Waals surface area contributed by atoms with Crippen molar-refractivity contribution in [2.45, 2.75) is 26.7 Å². The molecule has 2 N–H and O–H groups in total. The van der Waals surface area contributed by atoms with E-state index < -0.39 is 0 Å². The lowest BCUT2D eigenvalue weighted by Crippen LogP contribution is -2.20. The number of benzene rings is 2. The molecule has 2 aromatic rings. The molecule has 0 aliphatic heterocycles. The van der Waals surface area contributed by atoms with Crippen molar-refractivity contribution in [1.29, 1.82) is 0 Å². The van der Waals surface area contributed by atoms with Crippen LogP contribution >= 0.6 is 0 Å². The SMILES string of the molecule is CC(C)Cc1ccc(N(C)CCc2ccc(N)cc2)cc1. The second kappa shape index (κ2) is 7.16. The van der Waals surface area contributed by atoms with Gasteiger partial charge in [0, 0.05) is 25.0 Å². The van der Waals surface area contributed by atoms with Gasteiger partial charge in [-0.25, -0.2) is 0 Å². The molecule has 2 rings (SSSR count). The Bertz CT molecular complexity index is 541. The molecule has 21 heavy (non-hydrogen) atoms. The molecule has 0 aliphatic rings. The van der Waals surface area contributed by atoms with Crippen molar-refractivity contribution in [2.24, 2.45) is 5.92 Å². The number of nitrogen functional groups attached to an aromatic ring is 1. The molecule has 0 spiro atoms. The summed E-state index contributed by atoms with van der Waals surface area (Å²) in [7, 11) is 2.15. The molecule has 0 saturated heterocycles. The van der Waals surface area contributed by atoms with Gasteiger partial charge in [0.2, 0.25) is 0 Å². The molecule has 112 valence electrons. The zero-order valence-corrected chi connectivity index (χ0v) is 13.3. The van der Waals surface area contributed by atoms with E-state index >= 15 is 0 Å². The minimum atomic E-state index is 0.707. The first-order valence-electron chi connectivity index (χ1n) is 7.69. The number of hydrogen-bond donors (Lipinski definition) is 1. The number of likely N-dealkylation sites (N-methyl/N-ethyl adjacent to an activating group) is 1. The zero-order valence-electron chi connectivity index (χ0n) is 13.3. The quantitative estimate of drug-likeness (QED) is 0.807. The van der Waals surface area contributed by atoms with Gasteiger partial charge in [-0.15, -0.1) is 0 Å². The summed E-state index contributed by atoms with van der Waals surface area (Å²) in [5.74, 6) is 0.707. The Labute approximate surface area is 128 Å². The number of nitrogens with zero attached hydrogens (tertiary/aromatic N) is 1. The van der Waals surface area contributed by atoms with E-state index in [1.54, 1.807) is 0 Å². The normalized spacial score (nSPS) is 10.9. The summed E-state index contributed by atoms with van der Waals surface area (Å²) >= 11 is 0. The third kappa shape index (κ3) is 4.82. The molecule has 0 fully saturated rings. The summed E-state index contributed by atoms with van der Waals surface area (Å²) in [6.45, 7) is 5.52. The molecule has 0 aromatic heterocycles. The maximum Gasteiger partial charge on any atom is 0.0363 e. The molecule has 0 heterocycles. The highest BCUT2D eigenvalue weighted by Gasteiger charge is 2.03. The second-order valence-corrected chi connectivity index (χ2v) is 6.18. The first kappa shape index (κ1) is 15.4. The smallest absolute Gasteiger partial charge is 0.0363 e. The van der Waals surface area contributed by atoms with Gasteiger partial charge < -0.3 is 10.6 Å². The van der Waals surface area contributed by atoms with Gasteiger partial charge in [-0.3, -0.25) is 0 Å². The highest BCUT2D eigenvalue weighted by atomic mass is 15.1. The van der Waals surface area contributed by atoms with Crippen LogP contribution in [0.5, 0.6) is 0 Å². The Balaban J connectivity index is 1.90. The van der Waals surface area contributed by atoms with E-state index in [1.165, 1.54) is 16.8 Å². The third-order valence-corrected chi connectivity index (χ3v) is 3.74. The first-order chi connectivity index (χ1) is 10.0. The lowest BCUT2D eigenvalue weighted by molar-refractivity contribution is 0.647. The fraction of sp³-hybridized carbons (Fsp3) is 0.368. The van der Waals surface area contributed by atoms with E-state index in [0.717, 1.165) is 25.1 Å². The van der Waals surface area contributed by atoms with Crippen LogP contribution in [0.25, 0.3) is 0 Å². The zero-order chi connectivity index (χ0) is 15.2. The molecule has 2 nitrogen and oxygen atoms in total. The van der Waals surface area contributed by atoms with E-state index in [-0.39, 0.29) is 0 Å². The lowest BCUT2D eigenvalue weighted by Gasteiger charge is -2.20. The summed E-state index contributed by atoms with van der Waals surface area (Å²) in [5.41, 5.74) is 10.6. The Morgan fingerprint density at radius 2 is 1.48 bits per heavy atom. The Morgan fingerprint density at radius 1 is 0.905 bits per heavy atom. The maximum absolute atomic E-state index is 5.71. The fourth-order valence-electron chi connectivity index (χ4n) is 2.47. The summed E-state index contributed by atoms with van der Waals surface area (Å²) < 4.78 is 0. The minimum Gasteiger partial charge on any atom is -0.399 e. The second-order valence-electron chi connectivity index (χ2n) is 6.18. The summed E-state index contributed by atoms with van der Waals surface area (Å²) in [4.78, 5) is 2.30. The van der Waals surface area contributed by atoms with Crippen molar-refractivity contribution in [3.05, 3.63) is 59.7 Å². The lowest BCUT2D eigenvalue weighted by atomic mass is 10.0. The van der Waals surface area contributed by atoms with Crippen LogP contribution in [0.2, 0.25) is 0 Å². The fourth-order valence-corrected chi connectivity index (χ4v) is 2.47. The van der Waals surface area contributed by atoms with Crippen LogP contribution < -0.4 is 10.6 Å². The summed E-state index contributed by atoms with van der Waals surface area (Å²) in [5, 5.41) is 0. The first-order valence-corrected chi connectivity index (χ1v) is 7.69. The Morgan fingerprint density at radius 3 is 2.05 bits per heavy atom. The van der Waals surface area contributed by atoms with Crippen molar-refractivity contribution in [3.63, 3.8) is 0 Å². The minimum absolute atomic E-state index is 0.707. The predicted octanol–water partition coefficient (Wildman–Crippen LogP) is 4.15. The van der Waals surface area contributed by atoms with Crippen LogP contribution in [0.1, 0.15) is 25.0 Å². The van der Waals surface area contributed by atoms with Crippen molar-refractivity contribution in [2.75, 3.05) is 24.2 Å². The molecule has 0 saturated carbocycles. The van der Waals surface area contributed by atoms with Crippen LogP contribution in [0.3, 0.4) is 0 Å². The Kier molecular flexibility index (Phi) is 5.26. The molecule has 0 radical (unpaired) electrons. The third-order valence-electron chi connectivity index (χ3n) is 3.74. The molecule has 0 unspecified atom stereocenters. The molecular formula is C19H26N2.